The van der Waals surface area contributed by atoms with Crippen molar-refractivity contribution in [1.82, 2.24) is 15.5 Å². The Hall–Kier alpha value is -1.39. The van der Waals surface area contributed by atoms with Crippen LogP contribution in [0.2, 0.25) is 0 Å². The van der Waals surface area contributed by atoms with Crippen LogP contribution >= 0.6 is 0 Å². The number of hydrogen-bond acceptors (Lipinski definition) is 3. The normalized spacial score (nSPS) is 15.5. The van der Waals surface area contributed by atoms with Crippen LogP contribution in [0.3, 0.4) is 0 Å². The molecule has 1 amide bonds. The quantitative estimate of drug-likeness (QED) is 0.800. The average Bonchev–Trinajstić information content (AvgIpc) is 2.25. The van der Waals surface area contributed by atoms with Crippen LogP contribution in [0, 0.1) is 5.92 Å². The Balaban J connectivity index is 1.93. The van der Waals surface area contributed by atoms with Crippen LogP contribution in [0.4, 0.5) is 0 Å². The first-order chi connectivity index (χ1) is 8.66. The first-order valence-corrected chi connectivity index (χ1v) is 6.37. The van der Waals surface area contributed by atoms with E-state index < -0.39 is 0 Å². The lowest BCUT2D eigenvalue weighted by atomic mass is 10.0. The minimum absolute atomic E-state index is 0.158. The second kappa shape index (κ2) is 5.98. The lowest BCUT2D eigenvalue weighted by molar-refractivity contribution is -0.126. The van der Waals surface area contributed by atoms with E-state index in [0.29, 0.717) is 6.54 Å². The molecule has 0 atom stereocenters. The fraction of sp³-hybridized carbons (Fsp3) is 0.500. The standard InChI is InChI=1S/C14H21N3O/c1-17(2)10-12-6-4-3-5-11(12)9-16-14(18)13-7-15-8-13/h3-6,13,15H,7-10H2,1-2H3,(H,16,18). The van der Waals surface area contributed by atoms with E-state index >= 15 is 0 Å². The monoisotopic (exact) mass is 247 g/mol. The maximum Gasteiger partial charge on any atom is 0.225 e. The molecule has 4 heteroatoms. The fourth-order valence-electron chi connectivity index (χ4n) is 2.03. The molecule has 4 nitrogen and oxygen atoms in total. The van der Waals surface area contributed by atoms with Crippen molar-refractivity contribution in [2.24, 2.45) is 5.92 Å². The minimum atomic E-state index is 0.158. The van der Waals surface area contributed by atoms with Crippen LogP contribution < -0.4 is 10.6 Å². The maximum atomic E-state index is 11.8. The van der Waals surface area contributed by atoms with E-state index in [1.165, 1.54) is 11.1 Å². The zero-order chi connectivity index (χ0) is 13.0. The first kappa shape index (κ1) is 13.1. The predicted molar refractivity (Wildman–Crippen MR) is 72.0 cm³/mol. The minimum Gasteiger partial charge on any atom is -0.352 e. The van der Waals surface area contributed by atoms with E-state index in [2.05, 4.69) is 41.8 Å². The average molecular weight is 247 g/mol. The van der Waals surface area contributed by atoms with Gasteiger partial charge in [-0.15, -0.1) is 0 Å². The van der Waals surface area contributed by atoms with Gasteiger partial charge in [0.15, 0.2) is 0 Å². The van der Waals surface area contributed by atoms with Crippen LogP contribution in [-0.4, -0.2) is 38.0 Å². The molecule has 1 aliphatic rings. The molecule has 0 spiro atoms. The number of nitrogens with zero attached hydrogens (tertiary/aromatic N) is 1. The summed E-state index contributed by atoms with van der Waals surface area (Å²) < 4.78 is 0. The van der Waals surface area contributed by atoms with Gasteiger partial charge in [0.2, 0.25) is 5.91 Å². The molecule has 98 valence electrons. The molecular formula is C14H21N3O. The number of hydrogen-bond donors (Lipinski definition) is 2. The summed E-state index contributed by atoms with van der Waals surface area (Å²) in [5.41, 5.74) is 2.47. The summed E-state index contributed by atoms with van der Waals surface area (Å²) in [6, 6.07) is 8.26. The Kier molecular flexibility index (Phi) is 4.33. The largest absolute Gasteiger partial charge is 0.352 e. The van der Waals surface area contributed by atoms with Crippen LogP contribution in [0.1, 0.15) is 11.1 Å². The van der Waals surface area contributed by atoms with Gasteiger partial charge < -0.3 is 15.5 Å². The molecule has 2 N–H and O–H groups in total. The summed E-state index contributed by atoms with van der Waals surface area (Å²) in [4.78, 5) is 13.9. The molecule has 0 aromatic heterocycles. The summed E-state index contributed by atoms with van der Waals surface area (Å²) in [7, 11) is 4.10. The van der Waals surface area contributed by atoms with Crippen molar-refractivity contribution in [2.75, 3.05) is 27.2 Å². The van der Waals surface area contributed by atoms with E-state index in [0.717, 1.165) is 19.6 Å². The van der Waals surface area contributed by atoms with Crippen molar-refractivity contribution in [2.45, 2.75) is 13.1 Å². The van der Waals surface area contributed by atoms with Crippen molar-refractivity contribution >= 4 is 5.91 Å². The van der Waals surface area contributed by atoms with Gasteiger partial charge in [-0.25, -0.2) is 0 Å². The van der Waals surface area contributed by atoms with Gasteiger partial charge >= 0.3 is 0 Å². The highest BCUT2D eigenvalue weighted by Crippen LogP contribution is 2.11. The van der Waals surface area contributed by atoms with E-state index in [1.54, 1.807) is 0 Å². The first-order valence-electron chi connectivity index (χ1n) is 6.37. The summed E-state index contributed by atoms with van der Waals surface area (Å²) in [5.74, 6) is 0.319. The van der Waals surface area contributed by atoms with Crippen molar-refractivity contribution in [1.29, 1.82) is 0 Å². The van der Waals surface area contributed by atoms with Crippen LogP contribution in [0.5, 0.6) is 0 Å². The van der Waals surface area contributed by atoms with E-state index in [1.807, 2.05) is 12.1 Å². The zero-order valence-corrected chi connectivity index (χ0v) is 11.1. The Morgan fingerprint density at radius 1 is 1.33 bits per heavy atom. The van der Waals surface area contributed by atoms with Gasteiger partial charge in [0.25, 0.3) is 0 Å². The number of nitrogens with one attached hydrogen (secondary N) is 2. The fourth-order valence-corrected chi connectivity index (χ4v) is 2.03. The van der Waals surface area contributed by atoms with E-state index in [4.69, 9.17) is 0 Å². The smallest absolute Gasteiger partial charge is 0.225 e. The number of amides is 1. The highest BCUT2D eigenvalue weighted by molar-refractivity contribution is 5.80. The van der Waals surface area contributed by atoms with Gasteiger partial charge in [0, 0.05) is 26.2 Å². The molecule has 0 radical (unpaired) electrons. The van der Waals surface area contributed by atoms with E-state index in [9.17, 15) is 4.79 Å². The van der Waals surface area contributed by atoms with Crippen LogP contribution in [0.25, 0.3) is 0 Å². The van der Waals surface area contributed by atoms with Gasteiger partial charge in [-0.2, -0.15) is 0 Å². The van der Waals surface area contributed by atoms with Gasteiger partial charge in [-0.05, 0) is 25.2 Å². The van der Waals surface area contributed by atoms with Crippen molar-refractivity contribution in [3.05, 3.63) is 35.4 Å². The van der Waals surface area contributed by atoms with Crippen molar-refractivity contribution in [3.8, 4) is 0 Å². The SMILES string of the molecule is CN(C)Cc1ccccc1CNC(=O)C1CNC1. The van der Waals surface area contributed by atoms with Crippen LogP contribution in [0.15, 0.2) is 24.3 Å². The molecule has 0 unspecified atom stereocenters. The third kappa shape index (κ3) is 3.31. The molecule has 1 heterocycles. The molecular weight excluding hydrogens is 226 g/mol. The number of benzene rings is 1. The van der Waals surface area contributed by atoms with Gasteiger partial charge in [0.05, 0.1) is 5.92 Å². The lowest BCUT2D eigenvalue weighted by Crippen LogP contribution is -2.50. The third-order valence-electron chi connectivity index (χ3n) is 3.21. The molecule has 1 aliphatic heterocycles. The maximum absolute atomic E-state index is 11.8. The molecule has 0 saturated carbocycles. The zero-order valence-electron chi connectivity index (χ0n) is 11.1. The summed E-state index contributed by atoms with van der Waals surface area (Å²) in [6.07, 6.45) is 0. The van der Waals surface area contributed by atoms with Crippen molar-refractivity contribution in [3.63, 3.8) is 0 Å². The number of carbonyl (C=O) groups is 1. The molecule has 0 bridgehead atoms. The second-order valence-electron chi connectivity index (χ2n) is 5.08. The molecule has 1 saturated heterocycles. The number of carbonyl (C=O) groups excluding carboxylic acids is 1. The molecule has 2 rings (SSSR count). The summed E-state index contributed by atoms with van der Waals surface area (Å²) >= 11 is 0. The Bertz CT molecular complexity index is 413. The highest BCUT2D eigenvalue weighted by atomic mass is 16.2. The van der Waals surface area contributed by atoms with E-state index in [-0.39, 0.29) is 11.8 Å². The highest BCUT2D eigenvalue weighted by Gasteiger charge is 2.24. The Morgan fingerprint density at radius 2 is 2.00 bits per heavy atom. The molecule has 1 aromatic rings. The van der Waals surface area contributed by atoms with Crippen molar-refractivity contribution < 1.29 is 4.79 Å². The van der Waals surface area contributed by atoms with Gasteiger partial charge in [-0.1, -0.05) is 24.3 Å². The third-order valence-corrected chi connectivity index (χ3v) is 3.21. The topological polar surface area (TPSA) is 44.4 Å². The summed E-state index contributed by atoms with van der Waals surface area (Å²) in [5, 5.41) is 6.13. The Labute approximate surface area is 108 Å². The van der Waals surface area contributed by atoms with Gasteiger partial charge in [-0.3, -0.25) is 4.79 Å². The van der Waals surface area contributed by atoms with Gasteiger partial charge in [0.1, 0.15) is 0 Å². The molecule has 0 aliphatic carbocycles. The lowest BCUT2D eigenvalue weighted by Gasteiger charge is -2.26. The summed E-state index contributed by atoms with van der Waals surface area (Å²) in [6.45, 7) is 3.15. The molecule has 1 fully saturated rings. The second-order valence-corrected chi connectivity index (χ2v) is 5.08. The molecule has 18 heavy (non-hydrogen) atoms. The van der Waals surface area contributed by atoms with Crippen LogP contribution in [-0.2, 0) is 17.9 Å². The Morgan fingerprint density at radius 3 is 2.56 bits per heavy atom. The number of rotatable bonds is 5. The predicted octanol–water partition coefficient (Wildman–Crippen LogP) is 0.584. The molecule has 1 aromatic carbocycles.